The Hall–Kier alpha value is -1.75. The highest BCUT2D eigenvalue weighted by Crippen LogP contribution is 2.25. The molecule has 1 rings (SSSR count). The van der Waals surface area contributed by atoms with Gasteiger partial charge in [0.15, 0.2) is 5.84 Å². The van der Waals surface area contributed by atoms with Gasteiger partial charge in [0.2, 0.25) is 0 Å². The Morgan fingerprint density at radius 2 is 2.10 bits per heavy atom. The highest BCUT2D eigenvalue weighted by atomic mass is 16.5. The van der Waals surface area contributed by atoms with Gasteiger partial charge >= 0.3 is 0 Å². The molecular formula is C15H25N3O2. The Kier molecular flexibility index (Phi) is 5.39. The summed E-state index contributed by atoms with van der Waals surface area (Å²) in [5, 5.41) is 11.8. The standard InChI is InChI=1S/C15H25N3O2/c1-6-15(2,3)18(4)10-12-9-11(14(16)17-19)7-8-13(12)20-5/h7-9,19H,6,10H2,1-5H3,(H2,16,17). The molecule has 20 heavy (non-hydrogen) atoms. The normalized spacial score (nSPS) is 12.8. The van der Waals surface area contributed by atoms with E-state index >= 15 is 0 Å². The number of hydrogen-bond acceptors (Lipinski definition) is 4. The second-order valence-electron chi connectivity index (χ2n) is 5.53. The molecule has 0 saturated carbocycles. The van der Waals surface area contributed by atoms with Gasteiger partial charge < -0.3 is 15.7 Å². The number of hydrogen-bond donors (Lipinski definition) is 2. The predicted octanol–water partition coefficient (Wildman–Crippen LogP) is 2.41. The van der Waals surface area contributed by atoms with E-state index in [0.29, 0.717) is 5.56 Å². The van der Waals surface area contributed by atoms with Crippen molar-refractivity contribution in [1.29, 1.82) is 0 Å². The summed E-state index contributed by atoms with van der Waals surface area (Å²) in [7, 11) is 3.73. The van der Waals surface area contributed by atoms with Crippen molar-refractivity contribution in [2.45, 2.75) is 39.3 Å². The van der Waals surface area contributed by atoms with Gasteiger partial charge in [-0.25, -0.2) is 0 Å². The molecule has 0 aromatic heterocycles. The monoisotopic (exact) mass is 279 g/mol. The number of benzene rings is 1. The summed E-state index contributed by atoms with van der Waals surface area (Å²) >= 11 is 0. The summed E-state index contributed by atoms with van der Waals surface area (Å²) in [5.41, 5.74) is 7.44. The SMILES string of the molecule is CCC(C)(C)N(C)Cc1cc(/C(N)=N/O)ccc1OC. The van der Waals surface area contributed by atoms with Crippen LogP contribution < -0.4 is 10.5 Å². The molecule has 5 nitrogen and oxygen atoms in total. The van der Waals surface area contributed by atoms with Crippen molar-refractivity contribution < 1.29 is 9.94 Å². The molecular weight excluding hydrogens is 254 g/mol. The molecule has 0 radical (unpaired) electrons. The van der Waals surface area contributed by atoms with Crippen LogP contribution in [0.4, 0.5) is 0 Å². The molecule has 0 fully saturated rings. The second-order valence-corrected chi connectivity index (χ2v) is 5.53. The van der Waals surface area contributed by atoms with Gasteiger partial charge in [-0.15, -0.1) is 0 Å². The summed E-state index contributed by atoms with van der Waals surface area (Å²) in [6.07, 6.45) is 1.05. The van der Waals surface area contributed by atoms with E-state index in [4.69, 9.17) is 15.7 Å². The molecule has 1 aromatic rings. The first-order valence-corrected chi connectivity index (χ1v) is 6.71. The van der Waals surface area contributed by atoms with Crippen molar-refractivity contribution in [3.05, 3.63) is 29.3 Å². The van der Waals surface area contributed by atoms with Crippen LogP contribution in [0.3, 0.4) is 0 Å². The molecule has 112 valence electrons. The van der Waals surface area contributed by atoms with Crippen LogP contribution in [0.2, 0.25) is 0 Å². The fourth-order valence-electron chi connectivity index (χ4n) is 1.86. The quantitative estimate of drug-likeness (QED) is 0.363. The fraction of sp³-hybridized carbons (Fsp3) is 0.533. The Morgan fingerprint density at radius 1 is 1.45 bits per heavy atom. The smallest absolute Gasteiger partial charge is 0.170 e. The largest absolute Gasteiger partial charge is 0.496 e. The predicted molar refractivity (Wildman–Crippen MR) is 81.3 cm³/mol. The van der Waals surface area contributed by atoms with Crippen LogP contribution in [0.1, 0.15) is 38.3 Å². The van der Waals surface area contributed by atoms with Crippen LogP contribution >= 0.6 is 0 Å². The molecule has 1 aromatic carbocycles. The molecule has 0 heterocycles. The summed E-state index contributed by atoms with van der Waals surface area (Å²) in [4.78, 5) is 2.26. The lowest BCUT2D eigenvalue weighted by atomic mass is 9.98. The molecule has 0 aliphatic rings. The number of oxime groups is 1. The van der Waals surface area contributed by atoms with Gasteiger partial charge in [0.1, 0.15) is 5.75 Å². The van der Waals surface area contributed by atoms with Gasteiger partial charge in [-0.2, -0.15) is 0 Å². The maximum Gasteiger partial charge on any atom is 0.170 e. The highest BCUT2D eigenvalue weighted by Gasteiger charge is 2.22. The van der Waals surface area contributed by atoms with E-state index in [1.807, 2.05) is 12.1 Å². The lowest BCUT2D eigenvalue weighted by molar-refractivity contribution is 0.141. The van der Waals surface area contributed by atoms with Gasteiger partial charge in [-0.1, -0.05) is 12.1 Å². The molecule has 5 heteroatoms. The van der Waals surface area contributed by atoms with Gasteiger partial charge in [0.05, 0.1) is 7.11 Å². The number of nitrogens with zero attached hydrogens (tertiary/aromatic N) is 2. The molecule has 0 aliphatic carbocycles. The molecule has 0 atom stereocenters. The fourth-order valence-corrected chi connectivity index (χ4v) is 1.86. The average Bonchev–Trinajstić information content (AvgIpc) is 2.46. The minimum absolute atomic E-state index is 0.0949. The third-order valence-electron chi connectivity index (χ3n) is 3.99. The zero-order valence-electron chi connectivity index (χ0n) is 13.0. The molecule has 0 spiro atoms. The lowest BCUT2D eigenvalue weighted by Crippen LogP contribution is -2.39. The first-order chi connectivity index (χ1) is 9.35. The molecule has 0 amide bonds. The summed E-state index contributed by atoms with van der Waals surface area (Å²) in [5.74, 6) is 0.907. The van der Waals surface area contributed by atoms with Crippen LogP contribution in [0.25, 0.3) is 0 Å². The van der Waals surface area contributed by atoms with E-state index < -0.39 is 0 Å². The van der Waals surface area contributed by atoms with Crippen molar-refractivity contribution in [2.24, 2.45) is 10.9 Å². The Bertz CT molecular complexity index is 484. The molecule has 0 aliphatic heterocycles. The van der Waals surface area contributed by atoms with Crippen LogP contribution in [-0.2, 0) is 6.54 Å². The van der Waals surface area contributed by atoms with Gasteiger partial charge in [-0.05, 0) is 45.5 Å². The van der Waals surface area contributed by atoms with Crippen LogP contribution in [0.15, 0.2) is 23.4 Å². The number of amidine groups is 1. The number of methoxy groups -OCH3 is 1. The number of nitrogens with two attached hydrogens (primary N) is 1. The lowest BCUT2D eigenvalue weighted by Gasteiger charge is -2.35. The molecule has 0 saturated heterocycles. The van der Waals surface area contributed by atoms with Crippen molar-refractivity contribution in [3.8, 4) is 5.75 Å². The maximum absolute atomic E-state index is 8.78. The average molecular weight is 279 g/mol. The van der Waals surface area contributed by atoms with E-state index in [1.165, 1.54) is 0 Å². The van der Waals surface area contributed by atoms with Gasteiger partial charge in [0, 0.05) is 23.2 Å². The molecule has 0 bridgehead atoms. The van der Waals surface area contributed by atoms with Crippen molar-refractivity contribution in [1.82, 2.24) is 4.90 Å². The van der Waals surface area contributed by atoms with Gasteiger partial charge in [0.25, 0.3) is 0 Å². The second kappa shape index (κ2) is 6.61. The zero-order chi connectivity index (χ0) is 15.3. The minimum atomic E-state index is 0.0949. The van der Waals surface area contributed by atoms with Gasteiger partial charge in [-0.3, -0.25) is 4.90 Å². The Morgan fingerprint density at radius 3 is 2.60 bits per heavy atom. The number of rotatable bonds is 6. The van der Waals surface area contributed by atoms with Crippen molar-refractivity contribution >= 4 is 5.84 Å². The van der Waals surface area contributed by atoms with E-state index in [2.05, 4.69) is 37.9 Å². The molecule has 0 unspecified atom stereocenters. The minimum Gasteiger partial charge on any atom is -0.496 e. The van der Waals surface area contributed by atoms with E-state index in [1.54, 1.807) is 13.2 Å². The van der Waals surface area contributed by atoms with E-state index in [9.17, 15) is 0 Å². The van der Waals surface area contributed by atoms with E-state index in [-0.39, 0.29) is 11.4 Å². The third-order valence-corrected chi connectivity index (χ3v) is 3.99. The maximum atomic E-state index is 8.78. The third kappa shape index (κ3) is 3.63. The van der Waals surface area contributed by atoms with Crippen molar-refractivity contribution in [2.75, 3.05) is 14.2 Å². The zero-order valence-corrected chi connectivity index (χ0v) is 13.0. The highest BCUT2D eigenvalue weighted by molar-refractivity contribution is 5.97. The Labute approximate surface area is 121 Å². The molecule has 3 N–H and O–H groups in total. The van der Waals surface area contributed by atoms with Crippen LogP contribution in [-0.4, -0.2) is 35.6 Å². The summed E-state index contributed by atoms with van der Waals surface area (Å²) in [6, 6.07) is 5.52. The topological polar surface area (TPSA) is 71.1 Å². The van der Waals surface area contributed by atoms with Crippen LogP contribution in [0.5, 0.6) is 5.75 Å². The van der Waals surface area contributed by atoms with Crippen molar-refractivity contribution in [3.63, 3.8) is 0 Å². The summed E-state index contributed by atoms with van der Waals surface area (Å²) in [6.45, 7) is 7.30. The Balaban J connectivity index is 3.09. The summed E-state index contributed by atoms with van der Waals surface area (Å²) < 4.78 is 5.39. The first kappa shape index (κ1) is 16.3. The van der Waals surface area contributed by atoms with E-state index in [0.717, 1.165) is 24.3 Å². The number of ether oxygens (including phenoxy) is 1. The van der Waals surface area contributed by atoms with Crippen LogP contribution in [0, 0.1) is 0 Å². The first-order valence-electron chi connectivity index (χ1n) is 6.71.